The normalized spacial score (nSPS) is 12.2. The minimum Gasteiger partial charge on any atom is -0.397 e. The highest BCUT2D eigenvalue weighted by atomic mass is 19.4. The van der Waals surface area contributed by atoms with Crippen molar-refractivity contribution in [2.45, 2.75) is 6.18 Å². The molecule has 2 heterocycles. The van der Waals surface area contributed by atoms with E-state index in [0.717, 1.165) is 0 Å². The summed E-state index contributed by atoms with van der Waals surface area (Å²) < 4.78 is 36.6. The minimum atomic E-state index is -4.51. The summed E-state index contributed by atoms with van der Waals surface area (Å²) in [6.45, 7) is 0. The predicted molar refractivity (Wildman–Crippen MR) is 43.3 cm³/mol. The summed E-state index contributed by atoms with van der Waals surface area (Å²) >= 11 is 0. The fourth-order valence-corrected chi connectivity index (χ4v) is 1.06. The van der Waals surface area contributed by atoms with Crippen molar-refractivity contribution in [3.63, 3.8) is 0 Å². The van der Waals surface area contributed by atoms with Crippen LogP contribution in [0, 0.1) is 0 Å². The molecule has 2 aromatic rings. The summed E-state index contributed by atoms with van der Waals surface area (Å²) in [4.78, 5) is 9.01. The van der Waals surface area contributed by atoms with Crippen LogP contribution in [0.15, 0.2) is 12.3 Å². The third-order valence-corrected chi connectivity index (χ3v) is 1.69. The molecule has 0 aromatic carbocycles. The zero-order chi connectivity index (χ0) is 10.3. The van der Waals surface area contributed by atoms with Crippen LogP contribution in [-0.4, -0.2) is 15.0 Å². The van der Waals surface area contributed by atoms with Gasteiger partial charge in [-0.05, 0) is 6.07 Å². The topological polar surface area (TPSA) is 67.6 Å². The van der Waals surface area contributed by atoms with Gasteiger partial charge < -0.3 is 10.7 Å². The summed E-state index contributed by atoms with van der Waals surface area (Å²) in [6.07, 6.45) is -3.20. The van der Waals surface area contributed by atoms with E-state index in [0.29, 0.717) is 0 Å². The number of aromatic amines is 1. The highest BCUT2D eigenvalue weighted by molar-refractivity contribution is 5.83. The highest BCUT2D eigenvalue weighted by Crippen LogP contribution is 2.29. The second kappa shape index (κ2) is 2.60. The van der Waals surface area contributed by atoms with Gasteiger partial charge in [0.1, 0.15) is 5.52 Å². The van der Waals surface area contributed by atoms with E-state index in [-0.39, 0.29) is 16.9 Å². The molecule has 0 amide bonds. The molecule has 0 radical (unpaired) electrons. The predicted octanol–water partition coefficient (Wildman–Crippen LogP) is 1.56. The molecule has 0 aliphatic rings. The number of pyridine rings is 1. The van der Waals surface area contributed by atoms with Crippen molar-refractivity contribution in [1.82, 2.24) is 15.0 Å². The molecule has 0 fully saturated rings. The quantitative estimate of drug-likeness (QED) is 0.681. The van der Waals surface area contributed by atoms with Gasteiger partial charge in [0.05, 0.1) is 5.69 Å². The number of hydrogen-bond acceptors (Lipinski definition) is 3. The average molecular weight is 202 g/mol. The van der Waals surface area contributed by atoms with E-state index in [1.165, 1.54) is 12.3 Å². The Balaban J connectivity index is 2.69. The molecule has 2 aromatic heterocycles. The Labute approximate surface area is 76.0 Å². The molecule has 74 valence electrons. The SMILES string of the molecule is Nc1ccnc2nc(C(F)(F)F)[nH]c12. The summed E-state index contributed by atoms with van der Waals surface area (Å²) in [5, 5.41) is 0. The maximum absolute atomic E-state index is 12.2. The number of rotatable bonds is 0. The maximum atomic E-state index is 12.2. The van der Waals surface area contributed by atoms with Crippen molar-refractivity contribution < 1.29 is 13.2 Å². The van der Waals surface area contributed by atoms with Crippen molar-refractivity contribution in [3.05, 3.63) is 18.1 Å². The fourth-order valence-electron chi connectivity index (χ4n) is 1.06. The van der Waals surface area contributed by atoms with Crippen LogP contribution in [0.4, 0.5) is 18.9 Å². The van der Waals surface area contributed by atoms with Gasteiger partial charge in [-0.25, -0.2) is 9.97 Å². The number of imidazole rings is 1. The standard InChI is InChI=1S/C7H5F3N4/c8-7(9,10)6-13-4-3(11)1-2-12-5(4)14-6/h1-2H,(H3,11,12,13,14). The number of halogens is 3. The minimum absolute atomic E-state index is 0.0303. The Morgan fingerprint density at radius 2 is 2.07 bits per heavy atom. The van der Waals surface area contributed by atoms with Crippen LogP contribution in [0.25, 0.3) is 11.2 Å². The zero-order valence-electron chi connectivity index (χ0n) is 6.76. The Morgan fingerprint density at radius 3 is 2.64 bits per heavy atom. The van der Waals surface area contributed by atoms with Gasteiger partial charge in [-0.2, -0.15) is 13.2 Å². The smallest absolute Gasteiger partial charge is 0.397 e. The molecular formula is C7H5F3N4. The summed E-state index contributed by atoms with van der Waals surface area (Å²) in [7, 11) is 0. The number of H-pyrrole nitrogens is 1. The summed E-state index contributed by atoms with van der Waals surface area (Å²) in [5.41, 5.74) is 5.71. The molecule has 14 heavy (non-hydrogen) atoms. The van der Waals surface area contributed by atoms with Gasteiger partial charge in [0.25, 0.3) is 0 Å². The number of anilines is 1. The Hall–Kier alpha value is -1.79. The van der Waals surface area contributed by atoms with Crippen LogP contribution in [-0.2, 0) is 6.18 Å². The summed E-state index contributed by atoms with van der Waals surface area (Å²) in [6, 6.07) is 1.40. The van der Waals surface area contributed by atoms with E-state index >= 15 is 0 Å². The van der Waals surface area contributed by atoms with E-state index in [4.69, 9.17) is 5.73 Å². The van der Waals surface area contributed by atoms with E-state index in [9.17, 15) is 13.2 Å². The van der Waals surface area contributed by atoms with Crippen LogP contribution in [0.5, 0.6) is 0 Å². The largest absolute Gasteiger partial charge is 0.449 e. The van der Waals surface area contributed by atoms with Crippen molar-refractivity contribution in [1.29, 1.82) is 0 Å². The monoisotopic (exact) mass is 202 g/mol. The lowest BCUT2D eigenvalue weighted by atomic mass is 10.4. The third kappa shape index (κ3) is 1.26. The zero-order valence-corrected chi connectivity index (χ0v) is 6.76. The van der Waals surface area contributed by atoms with Crippen molar-refractivity contribution in [3.8, 4) is 0 Å². The summed E-state index contributed by atoms with van der Waals surface area (Å²) in [5.74, 6) is -1.09. The Kier molecular flexibility index (Phi) is 1.63. The number of fused-ring (bicyclic) bond motifs is 1. The third-order valence-electron chi connectivity index (χ3n) is 1.69. The van der Waals surface area contributed by atoms with E-state index < -0.39 is 12.0 Å². The molecule has 0 unspecified atom stereocenters. The fraction of sp³-hybridized carbons (Fsp3) is 0.143. The lowest BCUT2D eigenvalue weighted by Crippen LogP contribution is -2.06. The molecule has 0 aliphatic carbocycles. The molecule has 0 bridgehead atoms. The van der Waals surface area contributed by atoms with Gasteiger partial charge >= 0.3 is 6.18 Å². The van der Waals surface area contributed by atoms with E-state index in [1.807, 2.05) is 0 Å². The number of hydrogen-bond donors (Lipinski definition) is 2. The van der Waals surface area contributed by atoms with Gasteiger partial charge in [-0.3, -0.25) is 0 Å². The number of aromatic nitrogens is 3. The lowest BCUT2D eigenvalue weighted by molar-refractivity contribution is -0.144. The van der Waals surface area contributed by atoms with Gasteiger partial charge in [0, 0.05) is 6.20 Å². The van der Waals surface area contributed by atoms with Gasteiger partial charge in [0.15, 0.2) is 5.65 Å². The number of nitrogens with two attached hydrogens (primary N) is 1. The molecule has 2 rings (SSSR count). The first-order valence-electron chi connectivity index (χ1n) is 3.66. The molecular weight excluding hydrogens is 197 g/mol. The van der Waals surface area contributed by atoms with Crippen molar-refractivity contribution in [2.24, 2.45) is 0 Å². The number of nitrogens with zero attached hydrogens (tertiary/aromatic N) is 2. The molecule has 0 saturated heterocycles. The van der Waals surface area contributed by atoms with Crippen LogP contribution in [0.2, 0.25) is 0 Å². The molecule has 0 atom stereocenters. The molecule has 0 saturated carbocycles. The van der Waals surface area contributed by atoms with Crippen molar-refractivity contribution >= 4 is 16.9 Å². The Bertz CT molecular complexity index is 473. The second-order valence-corrected chi connectivity index (χ2v) is 2.68. The van der Waals surface area contributed by atoms with Gasteiger partial charge in [-0.1, -0.05) is 0 Å². The van der Waals surface area contributed by atoms with E-state index in [1.54, 1.807) is 0 Å². The first-order valence-corrected chi connectivity index (χ1v) is 3.66. The highest BCUT2D eigenvalue weighted by Gasteiger charge is 2.35. The van der Waals surface area contributed by atoms with Gasteiger partial charge in [-0.15, -0.1) is 0 Å². The molecule has 4 nitrogen and oxygen atoms in total. The lowest BCUT2D eigenvalue weighted by Gasteiger charge is -1.99. The van der Waals surface area contributed by atoms with Crippen LogP contribution >= 0.6 is 0 Å². The number of nitrogen functional groups attached to an aromatic ring is 1. The van der Waals surface area contributed by atoms with Gasteiger partial charge in [0.2, 0.25) is 5.82 Å². The molecule has 7 heteroatoms. The van der Waals surface area contributed by atoms with Crippen LogP contribution < -0.4 is 5.73 Å². The number of nitrogens with one attached hydrogen (secondary N) is 1. The number of alkyl halides is 3. The van der Waals surface area contributed by atoms with Crippen molar-refractivity contribution in [2.75, 3.05) is 5.73 Å². The maximum Gasteiger partial charge on any atom is 0.449 e. The first-order chi connectivity index (χ1) is 6.48. The molecule has 0 aliphatic heterocycles. The van der Waals surface area contributed by atoms with E-state index in [2.05, 4.69) is 15.0 Å². The Morgan fingerprint density at radius 1 is 1.36 bits per heavy atom. The average Bonchev–Trinajstić information content (AvgIpc) is 2.48. The second-order valence-electron chi connectivity index (χ2n) is 2.68. The molecule has 3 N–H and O–H groups in total. The molecule has 0 spiro atoms. The van der Waals surface area contributed by atoms with Crippen LogP contribution in [0.3, 0.4) is 0 Å². The first kappa shape index (κ1) is 8.79. The van der Waals surface area contributed by atoms with Crippen LogP contribution in [0.1, 0.15) is 5.82 Å².